The maximum Gasteiger partial charge on any atom is 0.339 e. The summed E-state index contributed by atoms with van der Waals surface area (Å²) in [5.41, 5.74) is 1.16. The fraction of sp³-hybridized carbons (Fsp3) is 0. The predicted octanol–water partition coefficient (Wildman–Crippen LogP) is 3.97. The molecule has 0 aliphatic rings. The van der Waals surface area contributed by atoms with Crippen molar-refractivity contribution in [3.63, 3.8) is 0 Å². The first-order chi connectivity index (χ1) is 9.55. The predicted molar refractivity (Wildman–Crippen MR) is 82.6 cm³/mol. The Balaban J connectivity index is 3.02. The molecule has 0 N–H and O–H groups in total. The third kappa shape index (κ3) is 2.26. The molecule has 2 rings (SSSR count). The van der Waals surface area contributed by atoms with Crippen molar-refractivity contribution in [2.75, 3.05) is 0 Å². The zero-order valence-electron chi connectivity index (χ0n) is 10.9. The van der Waals surface area contributed by atoms with E-state index in [-0.39, 0.29) is 4.90 Å². The van der Waals surface area contributed by atoms with Crippen LogP contribution in [0.5, 0.6) is 0 Å². The van der Waals surface area contributed by atoms with E-state index in [0.717, 1.165) is 11.6 Å². The van der Waals surface area contributed by atoms with Crippen LogP contribution >= 0.6 is 0 Å². The van der Waals surface area contributed by atoms with Crippen molar-refractivity contribution < 1.29 is 12.6 Å². The molecule has 2 aromatic rings. The van der Waals surface area contributed by atoms with Crippen LogP contribution in [0.2, 0.25) is 0 Å². The molecule has 0 bridgehead atoms. The lowest BCUT2D eigenvalue weighted by atomic mass is 10.0. The number of fused-ring (bicyclic) bond motifs is 1. The molecule has 0 saturated carbocycles. The summed E-state index contributed by atoms with van der Waals surface area (Å²) >= 11 is 0. The van der Waals surface area contributed by atoms with E-state index in [9.17, 15) is 8.42 Å². The Kier molecular flexibility index (Phi) is 3.77. The summed E-state index contributed by atoms with van der Waals surface area (Å²) in [6.07, 6.45) is 3.98. The van der Waals surface area contributed by atoms with Gasteiger partial charge in [0.2, 0.25) is 0 Å². The molecule has 0 heterocycles. The molecule has 3 nitrogen and oxygen atoms in total. The largest absolute Gasteiger partial charge is 0.388 e. The summed E-state index contributed by atoms with van der Waals surface area (Å²) in [6, 6.07) is 9.05. The number of hydrogen-bond donors (Lipinski definition) is 0. The van der Waals surface area contributed by atoms with Crippen molar-refractivity contribution in [2.45, 2.75) is 4.90 Å². The van der Waals surface area contributed by atoms with Gasteiger partial charge in [0.15, 0.2) is 0 Å². The van der Waals surface area contributed by atoms with Gasteiger partial charge in [0.1, 0.15) is 4.90 Å². The lowest BCUT2D eigenvalue weighted by Crippen LogP contribution is -2.06. The van der Waals surface area contributed by atoms with Crippen LogP contribution in [0.15, 0.2) is 61.2 Å². The van der Waals surface area contributed by atoms with E-state index in [2.05, 4.69) is 19.7 Å². The van der Waals surface area contributed by atoms with Crippen LogP contribution < -0.4 is 0 Å². The van der Waals surface area contributed by atoms with Crippen LogP contribution in [-0.2, 0) is 14.3 Å². The van der Waals surface area contributed by atoms with Gasteiger partial charge in [0.05, 0.1) is 6.26 Å². The van der Waals surface area contributed by atoms with Gasteiger partial charge in [-0.15, -0.1) is 0 Å². The highest BCUT2D eigenvalue weighted by Gasteiger charge is 2.23. The second-order valence-electron chi connectivity index (χ2n) is 4.05. The molecule has 0 aliphatic carbocycles. The van der Waals surface area contributed by atoms with Gasteiger partial charge >= 0.3 is 10.1 Å². The van der Waals surface area contributed by atoms with Crippen molar-refractivity contribution in [1.29, 1.82) is 0 Å². The fourth-order valence-electron chi connectivity index (χ4n) is 2.14. The number of benzene rings is 2. The molecular weight excluding hydrogens is 272 g/mol. The van der Waals surface area contributed by atoms with Gasteiger partial charge in [-0.25, -0.2) is 0 Å². The van der Waals surface area contributed by atoms with E-state index < -0.39 is 10.1 Å². The molecule has 0 aromatic heterocycles. The molecule has 0 amide bonds. The summed E-state index contributed by atoms with van der Waals surface area (Å²) < 4.78 is 29.4. The third-order valence-electron chi connectivity index (χ3n) is 2.94. The second-order valence-corrected chi connectivity index (χ2v) is 5.56. The lowest BCUT2D eigenvalue weighted by Gasteiger charge is -2.13. The summed E-state index contributed by atoms with van der Waals surface area (Å²) in [7, 11) is -3.95. The first-order valence-electron chi connectivity index (χ1n) is 5.90. The molecule has 4 heteroatoms. The molecule has 20 heavy (non-hydrogen) atoms. The molecule has 0 saturated heterocycles. The Bertz CT molecular complexity index is 802. The summed E-state index contributed by atoms with van der Waals surface area (Å²) in [6.45, 7) is 10.7. The zero-order chi connectivity index (χ0) is 14.8. The standard InChI is InChI=1S/C16H14O3S/c1-4-12-11-13-9-7-8-10-15(13)16(14(12)5-2)20(17,18)19-6-3/h4-11H,1-3H2. The smallest absolute Gasteiger partial charge is 0.339 e. The van der Waals surface area contributed by atoms with E-state index in [4.69, 9.17) is 4.18 Å². The highest BCUT2D eigenvalue weighted by molar-refractivity contribution is 7.87. The Morgan fingerprint density at radius 2 is 1.75 bits per heavy atom. The summed E-state index contributed by atoms with van der Waals surface area (Å²) in [4.78, 5) is 0.0837. The van der Waals surface area contributed by atoms with Gasteiger partial charge in [-0.05, 0) is 17.0 Å². The molecule has 0 radical (unpaired) electrons. The number of hydrogen-bond acceptors (Lipinski definition) is 3. The Hall–Kier alpha value is -2.33. The van der Waals surface area contributed by atoms with Crippen LogP contribution in [0.1, 0.15) is 11.1 Å². The van der Waals surface area contributed by atoms with Gasteiger partial charge in [-0.3, -0.25) is 0 Å². The zero-order valence-corrected chi connectivity index (χ0v) is 11.7. The van der Waals surface area contributed by atoms with Crippen LogP contribution in [0, 0.1) is 0 Å². The van der Waals surface area contributed by atoms with Crippen LogP contribution in [0.25, 0.3) is 22.9 Å². The lowest BCUT2D eigenvalue weighted by molar-refractivity contribution is 0.445. The van der Waals surface area contributed by atoms with E-state index >= 15 is 0 Å². The minimum absolute atomic E-state index is 0.0837. The summed E-state index contributed by atoms with van der Waals surface area (Å²) in [5, 5.41) is 1.37. The maximum absolute atomic E-state index is 12.3. The van der Waals surface area contributed by atoms with Gasteiger partial charge in [-0.1, -0.05) is 56.2 Å². The molecule has 102 valence electrons. The van der Waals surface area contributed by atoms with Gasteiger partial charge in [-0.2, -0.15) is 8.42 Å². The molecule has 0 unspecified atom stereocenters. The van der Waals surface area contributed by atoms with Crippen LogP contribution in [0.3, 0.4) is 0 Å². The Morgan fingerprint density at radius 1 is 1.05 bits per heavy atom. The highest BCUT2D eigenvalue weighted by Crippen LogP contribution is 2.32. The minimum atomic E-state index is -3.95. The molecule has 2 aromatic carbocycles. The molecular formula is C16H14O3S. The van der Waals surface area contributed by atoms with Gasteiger partial charge in [0, 0.05) is 10.9 Å². The van der Waals surface area contributed by atoms with Crippen molar-refractivity contribution in [1.82, 2.24) is 0 Å². The van der Waals surface area contributed by atoms with Gasteiger partial charge in [0.25, 0.3) is 0 Å². The second kappa shape index (κ2) is 5.35. The maximum atomic E-state index is 12.3. The van der Waals surface area contributed by atoms with E-state index in [0.29, 0.717) is 16.5 Å². The Labute approximate surface area is 118 Å². The fourth-order valence-corrected chi connectivity index (χ4v) is 3.34. The average molecular weight is 286 g/mol. The topological polar surface area (TPSA) is 43.4 Å². The molecule has 0 fully saturated rings. The van der Waals surface area contributed by atoms with E-state index in [1.165, 1.54) is 6.08 Å². The highest BCUT2D eigenvalue weighted by atomic mass is 32.2. The monoisotopic (exact) mass is 286 g/mol. The number of rotatable bonds is 5. The SMILES string of the molecule is C=COS(=O)(=O)c1c(C=C)c(C=C)cc2ccccc12. The van der Waals surface area contributed by atoms with Crippen LogP contribution in [0.4, 0.5) is 0 Å². The van der Waals surface area contributed by atoms with Crippen LogP contribution in [-0.4, -0.2) is 8.42 Å². The van der Waals surface area contributed by atoms with Crippen molar-refractivity contribution >= 4 is 33.0 Å². The van der Waals surface area contributed by atoms with Gasteiger partial charge < -0.3 is 4.18 Å². The average Bonchev–Trinajstić information content (AvgIpc) is 2.44. The molecule has 0 aliphatic heterocycles. The van der Waals surface area contributed by atoms with Crippen molar-refractivity contribution in [3.05, 3.63) is 67.5 Å². The molecule has 0 spiro atoms. The van der Waals surface area contributed by atoms with E-state index in [1.54, 1.807) is 18.2 Å². The first-order valence-corrected chi connectivity index (χ1v) is 7.30. The van der Waals surface area contributed by atoms with E-state index in [1.807, 2.05) is 18.2 Å². The van der Waals surface area contributed by atoms with Crippen molar-refractivity contribution in [2.24, 2.45) is 0 Å². The Morgan fingerprint density at radius 3 is 2.35 bits per heavy atom. The first kappa shape index (κ1) is 14.1. The summed E-state index contributed by atoms with van der Waals surface area (Å²) in [5.74, 6) is 0. The minimum Gasteiger partial charge on any atom is -0.388 e. The molecule has 0 atom stereocenters. The normalized spacial score (nSPS) is 11.0. The third-order valence-corrected chi connectivity index (χ3v) is 4.27. The quantitative estimate of drug-likeness (QED) is 0.617. The van der Waals surface area contributed by atoms with Crippen molar-refractivity contribution in [3.8, 4) is 0 Å².